The molecule has 1 unspecified atom stereocenters. The van der Waals surface area contributed by atoms with Gasteiger partial charge in [0.2, 0.25) is 6.30 Å². The van der Waals surface area contributed by atoms with Gasteiger partial charge in [-0.25, -0.2) is 4.39 Å². The van der Waals surface area contributed by atoms with Gasteiger partial charge in [0.25, 0.3) is 0 Å². The largest absolute Gasteiger partial charge is 0.504 e. The van der Waals surface area contributed by atoms with Gasteiger partial charge in [0.05, 0.1) is 32.4 Å². The topological polar surface area (TPSA) is 116 Å². The van der Waals surface area contributed by atoms with Crippen molar-refractivity contribution in [3.8, 4) is 29.1 Å². The molecule has 10 heteroatoms. The molecule has 0 aromatic heterocycles. The smallest absolute Gasteiger partial charge is 0.200 e. The first-order valence-electron chi connectivity index (χ1n) is 12.4. The van der Waals surface area contributed by atoms with E-state index in [1.807, 2.05) is 40.7 Å². The molecule has 2 aromatic rings. The maximum Gasteiger partial charge on any atom is 0.200 e. The number of carbonyl (C=O) groups excluding carboxylic acids is 1. The van der Waals surface area contributed by atoms with Crippen LogP contribution in [0.1, 0.15) is 80.8 Å². The lowest BCUT2D eigenvalue weighted by Crippen LogP contribution is -2.32. The van der Waals surface area contributed by atoms with E-state index in [4.69, 9.17) is 24.9 Å². The lowest BCUT2D eigenvalue weighted by molar-refractivity contribution is 0.0890. The minimum absolute atomic E-state index is 0. The molecule has 38 heavy (non-hydrogen) atoms. The summed E-state index contributed by atoms with van der Waals surface area (Å²) in [5.41, 5.74) is 0.824. The number of hydrogen-bond donors (Lipinski definition) is 2. The Morgan fingerprint density at radius 2 is 1.74 bits per heavy atom. The number of nitrogens with zero attached hydrogens (tertiary/aromatic N) is 2. The number of fused-ring (bicyclic) bond motifs is 1. The number of nitriles is 1. The molecule has 206 valence electrons. The number of halogens is 2. The number of hydrogen-bond acceptors (Lipinski definition) is 7. The van der Waals surface area contributed by atoms with E-state index in [0.717, 1.165) is 4.90 Å². The Morgan fingerprint density at radius 1 is 1.11 bits per heavy atom. The summed E-state index contributed by atoms with van der Waals surface area (Å²) < 4.78 is 32.4. The summed E-state index contributed by atoms with van der Waals surface area (Å²) >= 11 is 0. The molecule has 2 N–H and O–H groups in total. The second-order valence-corrected chi connectivity index (χ2v) is 9.72. The standard InChI is InChI=1S/C28H34FN3O5.BrH/c1-6-35-22-14-18-19(15-23(22)36-7-2)27(31)32(26(18)29)16-21(33)17-12-20(28(3,4)5)25(34)24(13-17)37-11-9-8-10-30;/h12-15,26,31,34H,6-9,11,16H2,1-5H3;1H. The van der Waals surface area contributed by atoms with E-state index < -0.39 is 17.5 Å². The predicted octanol–water partition coefficient (Wildman–Crippen LogP) is 6.24. The third-order valence-corrected chi connectivity index (χ3v) is 6.00. The van der Waals surface area contributed by atoms with Gasteiger partial charge >= 0.3 is 0 Å². The molecule has 0 radical (unpaired) electrons. The Bertz CT molecular complexity index is 1220. The highest BCUT2D eigenvalue weighted by molar-refractivity contribution is 8.93. The van der Waals surface area contributed by atoms with Crippen LogP contribution in [0.15, 0.2) is 24.3 Å². The van der Waals surface area contributed by atoms with E-state index in [-0.39, 0.29) is 58.6 Å². The molecule has 1 aliphatic rings. The lowest BCUT2D eigenvalue weighted by atomic mass is 9.84. The molecule has 0 amide bonds. The number of rotatable bonds is 11. The van der Waals surface area contributed by atoms with Gasteiger partial charge < -0.3 is 24.2 Å². The Morgan fingerprint density at radius 3 is 2.32 bits per heavy atom. The third kappa shape index (κ3) is 6.57. The van der Waals surface area contributed by atoms with Crippen molar-refractivity contribution in [3.63, 3.8) is 0 Å². The van der Waals surface area contributed by atoms with Gasteiger partial charge in [-0.2, -0.15) is 5.26 Å². The zero-order valence-electron chi connectivity index (χ0n) is 22.4. The van der Waals surface area contributed by atoms with Gasteiger partial charge in [-0.05, 0) is 49.9 Å². The first-order chi connectivity index (χ1) is 17.5. The Labute approximate surface area is 233 Å². The minimum atomic E-state index is -1.71. The van der Waals surface area contributed by atoms with E-state index in [1.54, 1.807) is 12.1 Å². The van der Waals surface area contributed by atoms with Crippen LogP contribution in [0.25, 0.3) is 0 Å². The van der Waals surface area contributed by atoms with Crippen LogP contribution in [-0.2, 0) is 5.41 Å². The number of ether oxygens (including phenoxy) is 3. The van der Waals surface area contributed by atoms with Gasteiger partial charge in [-0.3, -0.25) is 10.2 Å². The Hall–Kier alpha value is -3.32. The first-order valence-corrected chi connectivity index (χ1v) is 12.4. The van der Waals surface area contributed by atoms with Crippen LogP contribution in [0.3, 0.4) is 0 Å². The molecule has 0 saturated heterocycles. The summed E-state index contributed by atoms with van der Waals surface area (Å²) in [6.45, 7) is 9.88. The van der Waals surface area contributed by atoms with Crippen molar-refractivity contribution in [2.75, 3.05) is 26.4 Å². The fraction of sp³-hybridized carbons (Fsp3) is 0.464. The monoisotopic (exact) mass is 591 g/mol. The highest BCUT2D eigenvalue weighted by atomic mass is 79.9. The quantitative estimate of drug-likeness (QED) is 0.180. The van der Waals surface area contributed by atoms with Gasteiger partial charge in [0.15, 0.2) is 28.8 Å². The van der Waals surface area contributed by atoms with Crippen molar-refractivity contribution in [2.45, 2.75) is 59.2 Å². The molecule has 3 rings (SSSR count). The number of amidine groups is 1. The summed E-state index contributed by atoms with van der Waals surface area (Å²) in [4.78, 5) is 14.5. The molecular formula is C28H35BrFN3O5. The summed E-state index contributed by atoms with van der Waals surface area (Å²) in [6.07, 6.45) is -0.932. The highest BCUT2D eigenvalue weighted by Gasteiger charge is 2.37. The number of phenolic OH excluding ortho intramolecular Hbond substituents is 1. The molecule has 0 spiro atoms. The second-order valence-electron chi connectivity index (χ2n) is 9.72. The van der Waals surface area contributed by atoms with Crippen LogP contribution in [-0.4, -0.2) is 48.0 Å². The Kier molecular flexibility index (Phi) is 10.5. The van der Waals surface area contributed by atoms with Crippen molar-refractivity contribution in [1.29, 1.82) is 10.7 Å². The minimum Gasteiger partial charge on any atom is -0.504 e. The molecular weight excluding hydrogens is 557 g/mol. The molecule has 0 saturated carbocycles. The fourth-order valence-electron chi connectivity index (χ4n) is 4.14. The predicted molar refractivity (Wildman–Crippen MR) is 148 cm³/mol. The maximum atomic E-state index is 15.5. The molecule has 8 nitrogen and oxygen atoms in total. The van der Waals surface area contributed by atoms with Crippen LogP contribution >= 0.6 is 17.0 Å². The van der Waals surface area contributed by atoms with E-state index in [9.17, 15) is 9.90 Å². The molecule has 0 aliphatic carbocycles. The number of benzene rings is 2. The van der Waals surface area contributed by atoms with Crippen LogP contribution < -0.4 is 14.2 Å². The van der Waals surface area contributed by atoms with Crippen LogP contribution in [0.5, 0.6) is 23.0 Å². The van der Waals surface area contributed by atoms with Crippen molar-refractivity contribution in [3.05, 3.63) is 46.5 Å². The van der Waals surface area contributed by atoms with Crippen molar-refractivity contribution >= 4 is 28.6 Å². The number of unbranched alkanes of at least 4 members (excludes halogenated alkanes) is 1. The number of aromatic hydroxyl groups is 1. The highest BCUT2D eigenvalue weighted by Crippen LogP contribution is 2.42. The van der Waals surface area contributed by atoms with Gasteiger partial charge in [-0.1, -0.05) is 20.8 Å². The molecule has 1 aliphatic heterocycles. The molecule has 0 bridgehead atoms. The van der Waals surface area contributed by atoms with E-state index in [0.29, 0.717) is 48.7 Å². The summed E-state index contributed by atoms with van der Waals surface area (Å²) in [7, 11) is 0. The summed E-state index contributed by atoms with van der Waals surface area (Å²) in [6, 6.07) is 8.16. The number of nitrogens with one attached hydrogen (secondary N) is 1. The zero-order valence-corrected chi connectivity index (χ0v) is 24.1. The summed E-state index contributed by atoms with van der Waals surface area (Å²) in [5, 5.41) is 28.1. The average Bonchev–Trinajstić information content (AvgIpc) is 3.06. The van der Waals surface area contributed by atoms with E-state index >= 15 is 4.39 Å². The first kappa shape index (κ1) is 30.9. The Balaban J connectivity index is 0.00000507. The van der Waals surface area contributed by atoms with Gasteiger partial charge in [-0.15, -0.1) is 17.0 Å². The van der Waals surface area contributed by atoms with Crippen LogP contribution in [0.2, 0.25) is 0 Å². The SMILES string of the molecule is Br.CCOc1cc2c(cc1OCC)C(F)N(CC(=O)c1cc(OCCCC#N)c(O)c(C(C)(C)C)c1)C2=N. The zero-order chi connectivity index (χ0) is 27.3. The van der Waals surface area contributed by atoms with Gasteiger partial charge in [0.1, 0.15) is 5.84 Å². The van der Waals surface area contributed by atoms with Crippen LogP contribution in [0.4, 0.5) is 4.39 Å². The molecule has 2 aromatic carbocycles. The number of ketones is 1. The lowest BCUT2D eigenvalue weighted by Gasteiger charge is -2.24. The normalized spacial score (nSPS) is 14.4. The van der Waals surface area contributed by atoms with Gasteiger partial charge in [0, 0.05) is 28.7 Å². The number of phenols is 1. The molecule has 1 atom stereocenters. The molecule has 1 heterocycles. The van der Waals surface area contributed by atoms with E-state index in [2.05, 4.69) is 0 Å². The van der Waals surface area contributed by atoms with Crippen LogP contribution in [0, 0.1) is 16.7 Å². The molecule has 0 fully saturated rings. The van der Waals surface area contributed by atoms with E-state index in [1.165, 1.54) is 12.1 Å². The number of carbonyl (C=O) groups is 1. The second kappa shape index (κ2) is 13.0. The van der Waals surface area contributed by atoms with Crippen molar-refractivity contribution < 1.29 is 28.5 Å². The van der Waals surface area contributed by atoms with Crippen molar-refractivity contribution in [1.82, 2.24) is 4.90 Å². The fourth-order valence-corrected chi connectivity index (χ4v) is 4.14. The third-order valence-electron chi connectivity index (χ3n) is 6.00. The number of Topliss-reactive ketones (excluding diaryl/α,β-unsaturated/α-hetero) is 1. The maximum absolute atomic E-state index is 15.5. The van der Waals surface area contributed by atoms with Crippen molar-refractivity contribution in [2.24, 2.45) is 0 Å². The summed E-state index contributed by atoms with van der Waals surface area (Å²) in [5.74, 6) is 0.314. The average molecular weight is 593 g/mol. The number of alkyl halides is 1.